The molecule has 4 nitrogen and oxygen atoms in total. The topological polar surface area (TPSA) is 53.4 Å². The smallest absolute Gasteiger partial charge is 0.374 e. The molecule has 126 valence electrons. The van der Waals surface area contributed by atoms with Crippen LogP contribution in [0.4, 0.5) is 13.2 Å². The van der Waals surface area contributed by atoms with Crippen LogP contribution in [0.3, 0.4) is 0 Å². The number of rotatable bonds is 6. The average Bonchev–Trinajstić information content (AvgIpc) is 2.81. The molecule has 1 N–H and O–H groups in total. The quantitative estimate of drug-likeness (QED) is 0.867. The fourth-order valence-corrected chi connectivity index (χ4v) is 2.69. The molecule has 0 aliphatic heterocycles. The summed E-state index contributed by atoms with van der Waals surface area (Å²) in [4.78, 5) is 17.0. The standard InChI is InChI=1S/C14H21F3N2O2S/c1-9(2)5-6-19(4)11(20)7-13(21,14(15,16)17)12-18-10(3)8-22-12/h8-9,21H,5-7H2,1-4H3/t13-/m0/s1. The van der Waals surface area contributed by atoms with Crippen LogP contribution in [0.5, 0.6) is 0 Å². The molecule has 1 amide bonds. The van der Waals surface area contributed by atoms with Crippen LogP contribution >= 0.6 is 11.3 Å². The van der Waals surface area contributed by atoms with E-state index in [9.17, 15) is 23.1 Å². The molecule has 1 aromatic heterocycles. The lowest BCUT2D eigenvalue weighted by Crippen LogP contribution is -2.46. The van der Waals surface area contributed by atoms with Crippen molar-refractivity contribution in [1.82, 2.24) is 9.88 Å². The fourth-order valence-electron chi connectivity index (χ4n) is 1.77. The number of carbonyl (C=O) groups excluding carboxylic acids is 1. The van der Waals surface area contributed by atoms with Gasteiger partial charge in [0.1, 0.15) is 5.01 Å². The molecule has 0 radical (unpaired) electrons. The van der Waals surface area contributed by atoms with Crippen LogP contribution in [0.2, 0.25) is 0 Å². The lowest BCUT2D eigenvalue weighted by molar-refractivity contribution is -0.268. The number of thiazole rings is 1. The summed E-state index contributed by atoms with van der Waals surface area (Å²) >= 11 is 0.703. The van der Waals surface area contributed by atoms with Gasteiger partial charge >= 0.3 is 6.18 Å². The van der Waals surface area contributed by atoms with E-state index in [-0.39, 0.29) is 0 Å². The number of aromatic nitrogens is 1. The Morgan fingerprint density at radius 3 is 2.45 bits per heavy atom. The Kier molecular flexibility index (Phi) is 5.97. The highest BCUT2D eigenvalue weighted by molar-refractivity contribution is 7.09. The summed E-state index contributed by atoms with van der Waals surface area (Å²) in [6, 6.07) is 0. The van der Waals surface area contributed by atoms with Gasteiger partial charge in [-0.05, 0) is 19.3 Å². The fraction of sp³-hybridized carbons (Fsp3) is 0.714. The SMILES string of the molecule is Cc1csc([C@@](O)(CC(=O)N(C)CCC(C)C)C(F)(F)F)n1. The van der Waals surface area contributed by atoms with Gasteiger partial charge in [0.05, 0.1) is 6.42 Å². The second-order valence-electron chi connectivity index (χ2n) is 5.83. The Hall–Kier alpha value is -1.15. The van der Waals surface area contributed by atoms with E-state index in [1.165, 1.54) is 24.3 Å². The molecule has 1 aromatic rings. The van der Waals surface area contributed by atoms with Crippen molar-refractivity contribution >= 4 is 17.2 Å². The Balaban J connectivity index is 2.93. The number of hydrogen-bond acceptors (Lipinski definition) is 4. The van der Waals surface area contributed by atoms with Crippen molar-refractivity contribution < 1.29 is 23.1 Å². The zero-order chi connectivity index (χ0) is 17.1. The summed E-state index contributed by atoms with van der Waals surface area (Å²) in [5, 5.41) is 11.0. The van der Waals surface area contributed by atoms with Gasteiger partial charge in [0.25, 0.3) is 0 Å². The number of halogens is 3. The van der Waals surface area contributed by atoms with Crippen molar-refractivity contribution in [3.8, 4) is 0 Å². The monoisotopic (exact) mass is 338 g/mol. The molecular weight excluding hydrogens is 317 g/mol. The number of amides is 1. The van der Waals surface area contributed by atoms with Crippen molar-refractivity contribution in [3.63, 3.8) is 0 Å². The van der Waals surface area contributed by atoms with Gasteiger partial charge in [-0.25, -0.2) is 4.98 Å². The van der Waals surface area contributed by atoms with Gasteiger partial charge in [0, 0.05) is 24.7 Å². The summed E-state index contributed by atoms with van der Waals surface area (Å²) in [7, 11) is 1.44. The van der Waals surface area contributed by atoms with Crippen LogP contribution < -0.4 is 0 Å². The van der Waals surface area contributed by atoms with Crippen LogP contribution in [-0.2, 0) is 10.4 Å². The van der Waals surface area contributed by atoms with E-state index in [0.717, 1.165) is 0 Å². The molecule has 0 saturated heterocycles. The summed E-state index contributed by atoms with van der Waals surface area (Å²) in [5.41, 5.74) is -2.86. The third-order valence-corrected chi connectivity index (χ3v) is 4.43. The number of alkyl halides is 3. The first-order chi connectivity index (χ1) is 9.97. The van der Waals surface area contributed by atoms with E-state index >= 15 is 0 Å². The molecule has 1 heterocycles. The lowest BCUT2D eigenvalue weighted by Gasteiger charge is -2.30. The number of nitrogens with zero attached hydrogens (tertiary/aromatic N) is 2. The normalized spacial score (nSPS) is 15.0. The molecule has 22 heavy (non-hydrogen) atoms. The van der Waals surface area contributed by atoms with Crippen LogP contribution in [-0.4, -0.2) is 40.7 Å². The molecule has 0 aromatic carbocycles. The minimum absolute atomic E-state index is 0.332. The molecule has 1 atom stereocenters. The maximum atomic E-state index is 13.3. The number of aryl methyl sites for hydroxylation is 1. The van der Waals surface area contributed by atoms with Crippen molar-refractivity contribution in [2.45, 2.75) is 45.4 Å². The zero-order valence-electron chi connectivity index (χ0n) is 13.1. The molecule has 0 spiro atoms. The first-order valence-corrected chi connectivity index (χ1v) is 7.81. The van der Waals surface area contributed by atoms with Gasteiger partial charge in [0.2, 0.25) is 11.5 Å². The van der Waals surface area contributed by atoms with Gasteiger partial charge in [0.15, 0.2) is 0 Å². The van der Waals surface area contributed by atoms with Gasteiger partial charge in [-0.3, -0.25) is 4.79 Å². The summed E-state index contributed by atoms with van der Waals surface area (Å²) in [5.74, 6) is -0.424. The molecule has 0 bridgehead atoms. The molecule has 1 rings (SSSR count). The van der Waals surface area contributed by atoms with Gasteiger partial charge in [-0.2, -0.15) is 13.2 Å². The first kappa shape index (κ1) is 18.9. The Morgan fingerprint density at radius 1 is 1.45 bits per heavy atom. The Morgan fingerprint density at radius 2 is 2.05 bits per heavy atom. The minimum Gasteiger partial charge on any atom is -0.374 e. The maximum absolute atomic E-state index is 13.3. The van der Waals surface area contributed by atoms with E-state index in [2.05, 4.69) is 4.98 Å². The second-order valence-corrected chi connectivity index (χ2v) is 6.68. The van der Waals surface area contributed by atoms with E-state index < -0.39 is 29.1 Å². The summed E-state index contributed by atoms with van der Waals surface area (Å²) < 4.78 is 39.8. The predicted molar refractivity (Wildman–Crippen MR) is 78.5 cm³/mol. The molecule has 0 aliphatic carbocycles. The van der Waals surface area contributed by atoms with Gasteiger partial charge < -0.3 is 10.0 Å². The van der Waals surface area contributed by atoms with Crippen molar-refractivity contribution in [1.29, 1.82) is 0 Å². The van der Waals surface area contributed by atoms with E-state index in [4.69, 9.17) is 0 Å². The Bertz CT molecular complexity index is 516. The van der Waals surface area contributed by atoms with E-state index in [1.54, 1.807) is 0 Å². The third-order valence-electron chi connectivity index (χ3n) is 3.32. The predicted octanol–water partition coefficient (Wildman–Crippen LogP) is 3.10. The highest BCUT2D eigenvalue weighted by atomic mass is 32.1. The van der Waals surface area contributed by atoms with Gasteiger partial charge in [-0.1, -0.05) is 13.8 Å². The minimum atomic E-state index is -4.97. The van der Waals surface area contributed by atoms with Crippen molar-refractivity contribution in [2.24, 2.45) is 5.92 Å². The van der Waals surface area contributed by atoms with Crippen LogP contribution in [0.25, 0.3) is 0 Å². The van der Waals surface area contributed by atoms with Crippen LogP contribution in [0, 0.1) is 12.8 Å². The zero-order valence-corrected chi connectivity index (χ0v) is 13.9. The third kappa shape index (κ3) is 4.42. The maximum Gasteiger partial charge on any atom is 0.424 e. The summed E-state index contributed by atoms with van der Waals surface area (Å²) in [6.45, 7) is 5.81. The lowest BCUT2D eigenvalue weighted by atomic mass is 9.98. The highest BCUT2D eigenvalue weighted by Gasteiger charge is 2.58. The van der Waals surface area contributed by atoms with E-state index in [0.29, 0.717) is 35.9 Å². The van der Waals surface area contributed by atoms with Gasteiger partial charge in [-0.15, -0.1) is 11.3 Å². The highest BCUT2D eigenvalue weighted by Crippen LogP contribution is 2.43. The van der Waals surface area contributed by atoms with Crippen LogP contribution in [0.1, 0.15) is 37.4 Å². The van der Waals surface area contributed by atoms with Crippen molar-refractivity contribution in [2.75, 3.05) is 13.6 Å². The number of hydrogen-bond donors (Lipinski definition) is 1. The van der Waals surface area contributed by atoms with E-state index in [1.807, 2.05) is 13.8 Å². The molecular formula is C14H21F3N2O2S. The molecule has 0 unspecified atom stereocenters. The van der Waals surface area contributed by atoms with Crippen LogP contribution in [0.15, 0.2) is 5.38 Å². The molecule has 8 heteroatoms. The molecule has 0 aliphatic rings. The molecule has 0 saturated carbocycles. The second kappa shape index (κ2) is 6.95. The summed E-state index contributed by atoms with van der Waals surface area (Å²) in [6.07, 6.45) is -5.34. The van der Waals surface area contributed by atoms with Crippen molar-refractivity contribution in [3.05, 3.63) is 16.1 Å². The largest absolute Gasteiger partial charge is 0.424 e. The first-order valence-electron chi connectivity index (χ1n) is 6.93. The Labute approximate surface area is 132 Å². The number of carbonyl (C=O) groups is 1. The molecule has 0 fully saturated rings. The number of aliphatic hydroxyl groups is 1. The average molecular weight is 338 g/mol.